The third kappa shape index (κ3) is 3.63. The van der Waals surface area contributed by atoms with Crippen molar-refractivity contribution in [2.45, 2.75) is 13.5 Å². The largest absolute Gasteiger partial charge is 0.337 e. The van der Waals surface area contributed by atoms with E-state index in [1.807, 2.05) is 29.6 Å². The number of rotatable bonds is 4. The molecule has 3 aromatic rings. The van der Waals surface area contributed by atoms with E-state index in [1.54, 1.807) is 41.6 Å². The standard InChI is InChI=1S/C18H17N3OS/c1-13-9-10-23-17(13)12-21(2)18(22)8-7-14-11-19-15-5-3-4-6-16(15)20-14/h3-11H,12H2,1-2H3. The summed E-state index contributed by atoms with van der Waals surface area (Å²) in [6.07, 6.45) is 4.93. The Morgan fingerprint density at radius 1 is 1.26 bits per heavy atom. The van der Waals surface area contributed by atoms with E-state index in [1.165, 1.54) is 10.4 Å². The van der Waals surface area contributed by atoms with Gasteiger partial charge in [0, 0.05) is 18.0 Å². The zero-order valence-corrected chi connectivity index (χ0v) is 13.9. The summed E-state index contributed by atoms with van der Waals surface area (Å²) in [5.41, 5.74) is 3.57. The SMILES string of the molecule is Cc1ccsc1CN(C)C(=O)C=Cc1cnc2ccccc2n1. The Kier molecular flexibility index (Phi) is 4.48. The highest BCUT2D eigenvalue weighted by Gasteiger charge is 2.08. The highest BCUT2D eigenvalue weighted by molar-refractivity contribution is 7.10. The second kappa shape index (κ2) is 6.71. The number of likely N-dealkylation sites (N-methyl/N-ethyl adjacent to an activating group) is 1. The Hall–Kier alpha value is -2.53. The Morgan fingerprint density at radius 2 is 2.04 bits per heavy atom. The highest BCUT2D eigenvalue weighted by Crippen LogP contribution is 2.17. The predicted octanol–water partition coefficient (Wildman–Crippen LogP) is 3.67. The van der Waals surface area contributed by atoms with Crippen molar-refractivity contribution in [1.29, 1.82) is 0 Å². The number of para-hydroxylation sites is 2. The van der Waals surface area contributed by atoms with E-state index < -0.39 is 0 Å². The fourth-order valence-electron chi connectivity index (χ4n) is 2.20. The Labute approximate surface area is 139 Å². The summed E-state index contributed by atoms with van der Waals surface area (Å²) in [7, 11) is 1.80. The summed E-state index contributed by atoms with van der Waals surface area (Å²) in [6.45, 7) is 2.68. The molecule has 0 atom stereocenters. The van der Waals surface area contributed by atoms with Crippen LogP contribution in [0.5, 0.6) is 0 Å². The van der Waals surface area contributed by atoms with E-state index in [0.29, 0.717) is 12.2 Å². The molecule has 0 aliphatic carbocycles. The zero-order valence-electron chi connectivity index (χ0n) is 13.1. The number of carbonyl (C=O) groups is 1. The number of carbonyl (C=O) groups excluding carboxylic acids is 1. The number of aromatic nitrogens is 2. The summed E-state index contributed by atoms with van der Waals surface area (Å²) >= 11 is 1.67. The number of amides is 1. The molecule has 1 amide bonds. The molecule has 0 saturated carbocycles. The fourth-order valence-corrected chi connectivity index (χ4v) is 3.15. The molecule has 2 aromatic heterocycles. The van der Waals surface area contributed by atoms with Gasteiger partial charge in [0.25, 0.3) is 0 Å². The number of benzene rings is 1. The van der Waals surface area contributed by atoms with Gasteiger partial charge in [0.1, 0.15) is 0 Å². The average molecular weight is 323 g/mol. The Balaban J connectivity index is 1.70. The van der Waals surface area contributed by atoms with Gasteiger partial charge in [0.2, 0.25) is 5.91 Å². The molecular weight excluding hydrogens is 306 g/mol. The van der Waals surface area contributed by atoms with E-state index in [-0.39, 0.29) is 5.91 Å². The van der Waals surface area contributed by atoms with Gasteiger partial charge < -0.3 is 4.90 Å². The normalized spacial score (nSPS) is 11.2. The molecule has 2 heterocycles. The molecule has 0 aliphatic rings. The van der Waals surface area contributed by atoms with Crippen LogP contribution in [0, 0.1) is 6.92 Å². The molecule has 0 unspecified atom stereocenters. The number of fused-ring (bicyclic) bond motifs is 1. The lowest BCUT2D eigenvalue weighted by Crippen LogP contribution is -2.23. The maximum Gasteiger partial charge on any atom is 0.246 e. The lowest BCUT2D eigenvalue weighted by Gasteiger charge is -2.14. The maximum atomic E-state index is 12.2. The Bertz CT molecular complexity index is 869. The molecule has 0 bridgehead atoms. The number of aryl methyl sites for hydroxylation is 1. The molecule has 23 heavy (non-hydrogen) atoms. The first kappa shape index (κ1) is 15.4. The average Bonchev–Trinajstić information content (AvgIpc) is 2.97. The third-order valence-electron chi connectivity index (χ3n) is 3.59. The quantitative estimate of drug-likeness (QED) is 0.688. The molecule has 1 aromatic carbocycles. The van der Waals surface area contributed by atoms with Gasteiger partial charge >= 0.3 is 0 Å². The molecule has 0 fully saturated rings. The van der Waals surface area contributed by atoms with E-state index in [4.69, 9.17) is 0 Å². The van der Waals surface area contributed by atoms with Crippen LogP contribution in [-0.2, 0) is 11.3 Å². The van der Waals surface area contributed by atoms with E-state index in [9.17, 15) is 4.79 Å². The van der Waals surface area contributed by atoms with Gasteiger partial charge in [-0.25, -0.2) is 4.98 Å². The molecule has 3 rings (SSSR count). The minimum Gasteiger partial charge on any atom is -0.337 e. The molecule has 4 nitrogen and oxygen atoms in total. The molecule has 116 valence electrons. The predicted molar refractivity (Wildman–Crippen MR) is 94.1 cm³/mol. The van der Waals surface area contributed by atoms with Crippen LogP contribution in [0.1, 0.15) is 16.1 Å². The number of hydrogen-bond acceptors (Lipinski definition) is 4. The molecule has 0 N–H and O–H groups in total. The van der Waals surface area contributed by atoms with Crippen molar-refractivity contribution in [3.63, 3.8) is 0 Å². The summed E-state index contributed by atoms with van der Waals surface area (Å²) in [5, 5.41) is 2.05. The molecule has 0 saturated heterocycles. The topological polar surface area (TPSA) is 46.1 Å². The maximum absolute atomic E-state index is 12.2. The van der Waals surface area contributed by atoms with Gasteiger partial charge in [-0.1, -0.05) is 12.1 Å². The van der Waals surface area contributed by atoms with E-state index in [0.717, 1.165) is 11.0 Å². The van der Waals surface area contributed by atoms with Crippen LogP contribution < -0.4 is 0 Å². The van der Waals surface area contributed by atoms with Crippen LogP contribution in [0.3, 0.4) is 0 Å². The van der Waals surface area contributed by atoms with Crippen LogP contribution in [0.4, 0.5) is 0 Å². The minimum absolute atomic E-state index is 0.0484. The van der Waals surface area contributed by atoms with Crippen molar-refractivity contribution < 1.29 is 4.79 Å². The first-order chi connectivity index (χ1) is 11.1. The molecule has 0 aliphatic heterocycles. The van der Waals surface area contributed by atoms with Gasteiger partial charge in [0.15, 0.2) is 0 Å². The van der Waals surface area contributed by atoms with Crippen LogP contribution >= 0.6 is 11.3 Å². The van der Waals surface area contributed by atoms with Crippen molar-refractivity contribution in [3.8, 4) is 0 Å². The summed E-state index contributed by atoms with van der Waals surface area (Å²) < 4.78 is 0. The molecular formula is C18H17N3OS. The third-order valence-corrected chi connectivity index (χ3v) is 4.60. The van der Waals surface area contributed by atoms with Crippen LogP contribution in [0.2, 0.25) is 0 Å². The first-order valence-corrected chi connectivity index (χ1v) is 8.19. The second-order valence-electron chi connectivity index (χ2n) is 5.34. The van der Waals surface area contributed by atoms with Crippen molar-refractivity contribution in [2.24, 2.45) is 0 Å². The minimum atomic E-state index is -0.0484. The second-order valence-corrected chi connectivity index (χ2v) is 6.34. The van der Waals surface area contributed by atoms with Crippen molar-refractivity contribution in [3.05, 3.63) is 64.1 Å². The summed E-state index contributed by atoms with van der Waals surface area (Å²) in [4.78, 5) is 23.9. The van der Waals surface area contributed by atoms with E-state index in [2.05, 4.69) is 23.0 Å². The van der Waals surface area contributed by atoms with Crippen molar-refractivity contribution >= 4 is 34.4 Å². The van der Waals surface area contributed by atoms with Crippen LogP contribution in [0.25, 0.3) is 17.1 Å². The van der Waals surface area contributed by atoms with Gasteiger partial charge in [-0.05, 0) is 42.1 Å². The van der Waals surface area contributed by atoms with Crippen LogP contribution in [0.15, 0.2) is 48.0 Å². The zero-order chi connectivity index (χ0) is 16.2. The lowest BCUT2D eigenvalue weighted by atomic mass is 10.2. The van der Waals surface area contributed by atoms with Gasteiger partial charge in [-0.3, -0.25) is 9.78 Å². The van der Waals surface area contributed by atoms with Gasteiger partial charge in [-0.2, -0.15) is 0 Å². The van der Waals surface area contributed by atoms with Crippen LogP contribution in [-0.4, -0.2) is 27.8 Å². The molecule has 5 heteroatoms. The summed E-state index contributed by atoms with van der Waals surface area (Å²) in [5.74, 6) is -0.0484. The van der Waals surface area contributed by atoms with E-state index >= 15 is 0 Å². The molecule has 0 radical (unpaired) electrons. The lowest BCUT2D eigenvalue weighted by molar-refractivity contribution is -0.125. The van der Waals surface area contributed by atoms with Crippen molar-refractivity contribution in [2.75, 3.05) is 7.05 Å². The first-order valence-electron chi connectivity index (χ1n) is 7.31. The van der Waals surface area contributed by atoms with Crippen molar-refractivity contribution in [1.82, 2.24) is 14.9 Å². The number of hydrogen-bond donors (Lipinski definition) is 0. The smallest absolute Gasteiger partial charge is 0.246 e. The monoisotopic (exact) mass is 323 g/mol. The Morgan fingerprint density at radius 3 is 2.78 bits per heavy atom. The molecule has 0 spiro atoms. The highest BCUT2D eigenvalue weighted by atomic mass is 32.1. The fraction of sp³-hybridized carbons (Fsp3) is 0.167. The number of nitrogens with zero attached hydrogens (tertiary/aromatic N) is 3. The van der Waals surface area contributed by atoms with Gasteiger partial charge in [0.05, 0.1) is 29.5 Å². The summed E-state index contributed by atoms with van der Waals surface area (Å²) in [6, 6.07) is 9.74. The van der Waals surface area contributed by atoms with Gasteiger partial charge in [-0.15, -0.1) is 11.3 Å². The number of thiophene rings is 1.